The van der Waals surface area contributed by atoms with Gasteiger partial charge in [0.15, 0.2) is 0 Å². The molecule has 1 amide bonds. The van der Waals surface area contributed by atoms with Gasteiger partial charge in [0.05, 0.1) is 6.42 Å². The zero-order chi connectivity index (χ0) is 13.4. The van der Waals surface area contributed by atoms with Gasteiger partial charge >= 0.3 is 5.97 Å². The molecule has 0 spiro atoms. The van der Waals surface area contributed by atoms with Crippen LogP contribution in [-0.2, 0) is 20.7 Å². The molecule has 0 saturated heterocycles. The first kappa shape index (κ1) is 14.2. The Balaban J connectivity index is 2.51. The van der Waals surface area contributed by atoms with Crippen LogP contribution in [0.25, 0.3) is 0 Å². The van der Waals surface area contributed by atoms with E-state index in [1.165, 1.54) is 0 Å². The fraction of sp³-hybridized carbons (Fsp3) is 0.385. The van der Waals surface area contributed by atoms with E-state index in [1.54, 1.807) is 24.3 Å². The van der Waals surface area contributed by atoms with Crippen molar-refractivity contribution < 1.29 is 19.4 Å². The fourth-order valence-electron chi connectivity index (χ4n) is 1.44. The molecule has 0 heterocycles. The number of aliphatic carboxylic acids is 1. The summed E-state index contributed by atoms with van der Waals surface area (Å²) in [7, 11) is 0. The molecule has 0 aliphatic rings. The molecule has 0 radical (unpaired) electrons. The first-order valence-electron chi connectivity index (χ1n) is 5.80. The summed E-state index contributed by atoms with van der Waals surface area (Å²) < 4.78 is 5.11. The van der Waals surface area contributed by atoms with Crippen molar-refractivity contribution in [2.45, 2.75) is 19.8 Å². The Labute approximate surface area is 106 Å². The molecule has 2 N–H and O–H groups in total. The van der Waals surface area contributed by atoms with Crippen LogP contribution < -0.4 is 5.32 Å². The van der Waals surface area contributed by atoms with Crippen LogP contribution in [0.15, 0.2) is 24.3 Å². The van der Waals surface area contributed by atoms with E-state index >= 15 is 0 Å². The lowest BCUT2D eigenvalue weighted by Gasteiger charge is -2.07. The van der Waals surface area contributed by atoms with Crippen LogP contribution in [0.2, 0.25) is 0 Å². The number of carbonyl (C=O) groups excluding carboxylic acids is 1. The molecule has 0 saturated carbocycles. The highest BCUT2D eigenvalue weighted by atomic mass is 16.5. The van der Waals surface area contributed by atoms with Gasteiger partial charge in [-0.05, 0) is 24.1 Å². The first-order chi connectivity index (χ1) is 8.61. The molecule has 0 atom stereocenters. The zero-order valence-corrected chi connectivity index (χ0v) is 10.3. The highest BCUT2D eigenvalue weighted by Crippen LogP contribution is 2.11. The zero-order valence-electron chi connectivity index (χ0n) is 10.3. The quantitative estimate of drug-likeness (QED) is 0.723. The second-order valence-electron chi connectivity index (χ2n) is 3.87. The smallest absolute Gasteiger partial charge is 0.307 e. The van der Waals surface area contributed by atoms with Gasteiger partial charge in [-0.15, -0.1) is 0 Å². The third-order valence-electron chi connectivity index (χ3n) is 2.15. The molecule has 5 nitrogen and oxygen atoms in total. The van der Waals surface area contributed by atoms with Crippen LogP contribution >= 0.6 is 0 Å². The molecule has 18 heavy (non-hydrogen) atoms. The van der Waals surface area contributed by atoms with Crippen molar-refractivity contribution in [1.82, 2.24) is 0 Å². The number of amides is 1. The molecule has 98 valence electrons. The number of carbonyl (C=O) groups is 2. The average molecular weight is 251 g/mol. The van der Waals surface area contributed by atoms with Crippen LogP contribution in [0, 0.1) is 0 Å². The minimum absolute atomic E-state index is 0.0109. The van der Waals surface area contributed by atoms with Crippen LogP contribution in [0.3, 0.4) is 0 Å². The monoisotopic (exact) mass is 251 g/mol. The number of anilines is 1. The van der Waals surface area contributed by atoms with E-state index in [9.17, 15) is 9.59 Å². The van der Waals surface area contributed by atoms with Gasteiger partial charge in [-0.25, -0.2) is 0 Å². The second kappa shape index (κ2) is 7.45. The van der Waals surface area contributed by atoms with Crippen molar-refractivity contribution in [3.63, 3.8) is 0 Å². The van der Waals surface area contributed by atoms with Gasteiger partial charge < -0.3 is 15.2 Å². The number of carboxylic acid groups (broad SMARTS) is 1. The molecule has 5 heteroatoms. The van der Waals surface area contributed by atoms with Gasteiger partial charge in [-0.1, -0.05) is 19.1 Å². The number of rotatable bonds is 7. The number of benzene rings is 1. The maximum absolute atomic E-state index is 11.5. The average Bonchev–Trinajstić information content (AvgIpc) is 2.28. The summed E-state index contributed by atoms with van der Waals surface area (Å²) in [5.41, 5.74) is 1.23. The Morgan fingerprint density at radius 3 is 2.83 bits per heavy atom. The van der Waals surface area contributed by atoms with Crippen molar-refractivity contribution in [2.24, 2.45) is 0 Å². The maximum atomic E-state index is 11.5. The predicted molar refractivity (Wildman–Crippen MR) is 67.5 cm³/mol. The molecule has 1 aromatic carbocycles. The van der Waals surface area contributed by atoms with Crippen molar-refractivity contribution in [2.75, 3.05) is 18.5 Å². The Hall–Kier alpha value is -1.88. The van der Waals surface area contributed by atoms with E-state index in [0.29, 0.717) is 17.9 Å². The lowest BCUT2D eigenvalue weighted by atomic mass is 10.1. The van der Waals surface area contributed by atoms with Gasteiger partial charge in [-0.2, -0.15) is 0 Å². The predicted octanol–water partition coefficient (Wildman–Crippen LogP) is 1.68. The Kier molecular flexibility index (Phi) is 5.87. The van der Waals surface area contributed by atoms with Gasteiger partial charge in [0.1, 0.15) is 6.61 Å². The summed E-state index contributed by atoms with van der Waals surface area (Å²) in [6.45, 7) is 2.52. The molecule has 0 unspecified atom stereocenters. The van der Waals surface area contributed by atoms with Gasteiger partial charge in [0, 0.05) is 12.3 Å². The Morgan fingerprint density at radius 1 is 1.39 bits per heavy atom. The van der Waals surface area contributed by atoms with E-state index in [1.807, 2.05) is 6.92 Å². The molecule has 0 fully saturated rings. The second-order valence-corrected chi connectivity index (χ2v) is 3.87. The Bertz CT molecular complexity index is 417. The maximum Gasteiger partial charge on any atom is 0.307 e. The lowest BCUT2D eigenvalue weighted by molar-refractivity contribution is -0.136. The summed E-state index contributed by atoms with van der Waals surface area (Å²) in [6.07, 6.45) is 0.803. The Morgan fingerprint density at radius 2 is 2.17 bits per heavy atom. The molecule has 0 bridgehead atoms. The largest absolute Gasteiger partial charge is 0.481 e. The molecular weight excluding hydrogens is 234 g/mol. The standard InChI is InChI=1S/C13H17NO4/c1-2-6-18-9-12(15)14-11-5-3-4-10(7-11)8-13(16)17/h3-5,7H,2,6,8-9H2,1H3,(H,14,15)(H,16,17). The SMILES string of the molecule is CCCOCC(=O)Nc1cccc(CC(=O)O)c1. The molecule has 0 aliphatic carbocycles. The van der Waals surface area contributed by atoms with Gasteiger partial charge in [0.25, 0.3) is 0 Å². The van der Waals surface area contributed by atoms with Gasteiger partial charge in [0.2, 0.25) is 5.91 Å². The van der Waals surface area contributed by atoms with Crippen molar-refractivity contribution >= 4 is 17.6 Å². The number of hydrogen-bond donors (Lipinski definition) is 2. The minimum atomic E-state index is -0.898. The van der Waals surface area contributed by atoms with E-state index < -0.39 is 5.97 Å². The van der Waals surface area contributed by atoms with Crippen molar-refractivity contribution in [3.05, 3.63) is 29.8 Å². The lowest BCUT2D eigenvalue weighted by Crippen LogP contribution is -2.18. The highest BCUT2D eigenvalue weighted by molar-refractivity contribution is 5.91. The number of ether oxygens (including phenoxy) is 1. The molecular formula is C13H17NO4. The fourth-order valence-corrected chi connectivity index (χ4v) is 1.44. The normalized spacial score (nSPS) is 10.1. The number of carboxylic acids is 1. The molecule has 0 aromatic heterocycles. The summed E-state index contributed by atoms with van der Waals surface area (Å²) >= 11 is 0. The van der Waals surface area contributed by atoms with Gasteiger partial charge in [-0.3, -0.25) is 9.59 Å². The van der Waals surface area contributed by atoms with Crippen LogP contribution in [0.5, 0.6) is 0 Å². The number of nitrogens with one attached hydrogen (secondary N) is 1. The first-order valence-corrected chi connectivity index (χ1v) is 5.80. The van der Waals surface area contributed by atoms with Crippen LogP contribution in [0.1, 0.15) is 18.9 Å². The summed E-state index contributed by atoms with van der Waals surface area (Å²) in [4.78, 5) is 22.0. The van der Waals surface area contributed by atoms with Crippen molar-refractivity contribution in [1.29, 1.82) is 0 Å². The third kappa shape index (κ3) is 5.45. The summed E-state index contributed by atoms with van der Waals surface area (Å²) in [6, 6.07) is 6.77. The van der Waals surface area contributed by atoms with E-state index in [-0.39, 0.29) is 18.9 Å². The highest BCUT2D eigenvalue weighted by Gasteiger charge is 2.04. The molecule has 0 aliphatic heterocycles. The number of hydrogen-bond acceptors (Lipinski definition) is 3. The van der Waals surface area contributed by atoms with E-state index in [2.05, 4.69) is 5.32 Å². The summed E-state index contributed by atoms with van der Waals surface area (Å²) in [5.74, 6) is -1.14. The van der Waals surface area contributed by atoms with E-state index in [4.69, 9.17) is 9.84 Å². The molecule has 1 rings (SSSR count). The van der Waals surface area contributed by atoms with Crippen molar-refractivity contribution in [3.8, 4) is 0 Å². The van der Waals surface area contributed by atoms with Crippen LogP contribution in [-0.4, -0.2) is 30.2 Å². The topological polar surface area (TPSA) is 75.6 Å². The van der Waals surface area contributed by atoms with E-state index in [0.717, 1.165) is 6.42 Å². The van der Waals surface area contributed by atoms with Crippen LogP contribution in [0.4, 0.5) is 5.69 Å². The third-order valence-corrected chi connectivity index (χ3v) is 2.15. The molecule has 1 aromatic rings. The minimum Gasteiger partial charge on any atom is -0.481 e. The summed E-state index contributed by atoms with van der Waals surface area (Å²) in [5, 5.41) is 11.3.